The molecule has 1 N–H and O–H groups in total. The van der Waals surface area contributed by atoms with Gasteiger partial charge in [-0.2, -0.15) is 0 Å². The lowest BCUT2D eigenvalue weighted by atomic mass is 10.2. The smallest absolute Gasteiger partial charge is 0.236 e. The average Bonchev–Trinajstić information content (AvgIpc) is 2.56. The first-order valence-electron chi connectivity index (χ1n) is 3.94. The van der Waals surface area contributed by atoms with Crippen molar-refractivity contribution in [1.29, 1.82) is 0 Å². The van der Waals surface area contributed by atoms with E-state index in [2.05, 4.69) is 4.98 Å². The molecule has 0 unspecified atom stereocenters. The Labute approximate surface area is 89.7 Å². The summed E-state index contributed by atoms with van der Waals surface area (Å²) in [6, 6.07) is 3.00. The molecule has 0 atom stereocenters. The van der Waals surface area contributed by atoms with E-state index >= 15 is 0 Å². The van der Waals surface area contributed by atoms with Crippen molar-refractivity contribution >= 4 is 30.8 Å². The maximum atomic E-state index is 10.8. The van der Waals surface area contributed by atoms with E-state index in [1.165, 1.54) is 12.5 Å². The number of nitrogens with zero attached hydrogens (tertiary/aromatic N) is 1. The first-order valence-corrected chi connectivity index (χ1v) is 6.41. The third-order valence-corrected chi connectivity index (χ3v) is 2.87. The van der Waals surface area contributed by atoms with Gasteiger partial charge in [-0.25, -0.2) is 13.4 Å². The molecule has 1 aromatic carbocycles. The molecular weight excluding hydrogens is 242 g/mol. The Balaban J connectivity index is 2.58. The van der Waals surface area contributed by atoms with E-state index in [0.717, 1.165) is 0 Å². The SMILES string of the molecule is O=S(=O)(Cl)Cc1ccc2ncoc2c1O. The Morgan fingerprint density at radius 1 is 1.47 bits per heavy atom. The van der Waals surface area contributed by atoms with Crippen molar-refractivity contribution in [3.05, 3.63) is 24.1 Å². The Bertz CT molecular complexity index is 604. The fourth-order valence-electron chi connectivity index (χ4n) is 1.26. The molecule has 2 aromatic rings. The van der Waals surface area contributed by atoms with E-state index in [9.17, 15) is 13.5 Å². The Morgan fingerprint density at radius 2 is 2.20 bits per heavy atom. The van der Waals surface area contributed by atoms with E-state index in [1.54, 1.807) is 6.07 Å². The van der Waals surface area contributed by atoms with Crippen LogP contribution in [0.15, 0.2) is 22.9 Å². The van der Waals surface area contributed by atoms with E-state index in [0.29, 0.717) is 5.52 Å². The summed E-state index contributed by atoms with van der Waals surface area (Å²) in [4.78, 5) is 3.81. The van der Waals surface area contributed by atoms with Crippen LogP contribution in [0.4, 0.5) is 0 Å². The van der Waals surface area contributed by atoms with E-state index in [-0.39, 0.29) is 16.9 Å². The highest BCUT2D eigenvalue weighted by molar-refractivity contribution is 8.13. The van der Waals surface area contributed by atoms with Crippen LogP contribution in [0.3, 0.4) is 0 Å². The van der Waals surface area contributed by atoms with Crippen LogP contribution in [0.2, 0.25) is 0 Å². The van der Waals surface area contributed by atoms with Crippen LogP contribution in [0.5, 0.6) is 5.75 Å². The molecule has 2 rings (SSSR count). The molecule has 80 valence electrons. The largest absolute Gasteiger partial charge is 0.504 e. The minimum atomic E-state index is -3.70. The van der Waals surface area contributed by atoms with Gasteiger partial charge in [0.25, 0.3) is 0 Å². The zero-order valence-electron chi connectivity index (χ0n) is 7.34. The van der Waals surface area contributed by atoms with Crippen LogP contribution in [-0.4, -0.2) is 18.5 Å². The van der Waals surface area contributed by atoms with E-state index < -0.39 is 14.8 Å². The Kier molecular flexibility index (Phi) is 2.32. The molecular formula is C8H6ClNO4S. The minimum Gasteiger partial charge on any atom is -0.504 e. The second kappa shape index (κ2) is 3.39. The summed E-state index contributed by atoms with van der Waals surface area (Å²) in [7, 11) is 1.38. The molecule has 1 heterocycles. The maximum Gasteiger partial charge on any atom is 0.236 e. The number of aromatic hydroxyl groups is 1. The van der Waals surface area contributed by atoms with Gasteiger partial charge >= 0.3 is 0 Å². The molecule has 0 fully saturated rings. The standard InChI is InChI=1S/C8H6ClNO4S/c9-15(12,13)3-5-1-2-6-8(7(5)11)14-4-10-6/h1-2,4,11H,3H2. The fraction of sp³-hybridized carbons (Fsp3) is 0.125. The van der Waals surface area contributed by atoms with Crippen LogP contribution < -0.4 is 0 Å². The van der Waals surface area contributed by atoms with Gasteiger partial charge in [0.2, 0.25) is 9.05 Å². The molecule has 0 aliphatic heterocycles. The molecule has 0 spiro atoms. The van der Waals surface area contributed by atoms with Gasteiger partial charge in [-0.15, -0.1) is 0 Å². The predicted octanol–water partition coefficient (Wildman–Crippen LogP) is 1.60. The normalized spacial score (nSPS) is 12.1. The number of fused-ring (bicyclic) bond motifs is 1. The second-order valence-corrected chi connectivity index (χ2v) is 5.73. The molecule has 0 aliphatic rings. The predicted molar refractivity (Wildman–Crippen MR) is 54.2 cm³/mol. The van der Waals surface area contributed by atoms with Crippen LogP contribution >= 0.6 is 10.7 Å². The fourth-order valence-corrected chi connectivity index (χ4v) is 2.21. The van der Waals surface area contributed by atoms with Gasteiger partial charge in [0.15, 0.2) is 17.7 Å². The number of halogens is 1. The highest BCUT2D eigenvalue weighted by atomic mass is 35.7. The number of hydrogen-bond acceptors (Lipinski definition) is 5. The van der Waals surface area contributed by atoms with Crippen molar-refractivity contribution in [2.75, 3.05) is 0 Å². The molecule has 1 aromatic heterocycles. The number of oxazole rings is 1. The number of phenols is 1. The minimum absolute atomic E-state index is 0.160. The first-order chi connectivity index (χ1) is 6.97. The van der Waals surface area contributed by atoms with E-state index in [1.807, 2.05) is 0 Å². The monoisotopic (exact) mass is 247 g/mol. The summed E-state index contributed by atoms with van der Waals surface area (Å²) in [5.41, 5.74) is 0.810. The third-order valence-electron chi connectivity index (χ3n) is 1.88. The zero-order chi connectivity index (χ0) is 11.1. The lowest BCUT2D eigenvalue weighted by Crippen LogP contribution is -1.95. The van der Waals surface area contributed by atoms with Crippen molar-refractivity contribution in [3.63, 3.8) is 0 Å². The lowest BCUT2D eigenvalue weighted by molar-refractivity contribution is 0.459. The van der Waals surface area contributed by atoms with Crippen LogP contribution in [0.1, 0.15) is 5.56 Å². The number of phenolic OH excluding ortho intramolecular Hbond substituents is 1. The van der Waals surface area contributed by atoms with Crippen LogP contribution in [0, 0.1) is 0 Å². The maximum absolute atomic E-state index is 10.8. The van der Waals surface area contributed by atoms with Crippen molar-refractivity contribution in [2.24, 2.45) is 0 Å². The molecule has 0 saturated heterocycles. The van der Waals surface area contributed by atoms with Gasteiger partial charge in [0.05, 0.1) is 5.75 Å². The molecule has 5 nitrogen and oxygen atoms in total. The summed E-state index contributed by atoms with van der Waals surface area (Å²) in [6.45, 7) is 0. The molecule has 0 amide bonds. The second-order valence-electron chi connectivity index (χ2n) is 2.96. The van der Waals surface area contributed by atoms with Gasteiger partial charge in [0, 0.05) is 16.2 Å². The highest BCUT2D eigenvalue weighted by Gasteiger charge is 2.15. The van der Waals surface area contributed by atoms with Gasteiger partial charge in [-0.1, -0.05) is 6.07 Å². The molecule has 0 bridgehead atoms. The molecule has 7 heteroatoms. The van der Waals surface area contributed by atoms with Crippen LogP contribution in [-0.2, 0) is 14.8 Å². The number of benzene rings is 1. The zero-order valence-corrected chi connectivity index (χ0v) is 8.92. The Hall–Kier alpha value is -1.27. The summed E-state index contributed by atoms with van der Waals surface area (Å²) in [6.07, 6.45) is 1.17. The molecule has 15 heavy (non-hydrogen) atoms. The summed E-state index contributed by atoms with van der Waals surface area (Å²) < 4.78 is 26.6. The average molecular weight is 248 g/mol. The quantitative estimate of drug-likeness (QED) is 0.816. The third kappa shape index (κ3) is 2.05. The van der Waals surface area contributed by atoms with E-state index in [4.69, 9.17) is 15.1 Å². The van der Waals surface area contributed by atoms with Crippen molar-refractivity contribution in [2.45, 2.75) is 5.75 Å². The number of aromatic nitrogens is 1. The highest BCUT2D eigenvalue weighted by Crippen LogP contribution is 2.29. The molecule has 0 radical (unpaired) electrons. The summed E-state index contributed by atoms with van der Waals surface area (Å²) in [5.74, 6) is -0.689. The summed E-state index contributed by atoms with van der Waals surface area (Å²) >= 11 is 0. The lowest BCUT2D eigenvalue weighted by Gasteiger charge is -2.01. The van der Waals surface area contributed by atoms with Gasteiger partial charge < -0.3 is 9.52 Å². The first kappa shape index (κ1) is 10.3. The topological polar surface area (TPSA) is 80.4 Å². The van der Waals surface area contributed by atoms with Crippen molar-refractivity contribution in [1.82, 2.24) is 4.98 Å². The number of hydrogen-bond donors (Lipinski definition) is 1. The molecule has 0 aliphatic carbocycles. The Morgan fingerprint density at radius 3 is 2.87 bits per heavy atom. The van der Waals surface area contributed by atoms with Gasteiger partial charge in [-0.05, 0) is 6.07 Å². The van der Waals surface area contributed by atoms with Crippen molar-refractivity contribution in [3.8, 4) is 5.75 Å². The van der Waals surface area contributed by atoms with Gasteiger partial charge in [-0.3, -0.25) is 0 Å². The number of rotatable bonds is 2. The van der Waals surface area contributed by atoms with Crippen LogP contribution in [0.25, 0.3) is 11.1 Å². The van der Waals surface area contributed by atoms with Gasteiger partial charge in [0.1, 0.15) is 5.52 Å². The summed E-state index contributed by atoms with van der Waals surface area (Å²) in [5, 5.41) is 9.64. The molecule has 0 saturated carbocycles. The van der Waals surface area contributed by atoms with Crippen molar-refractivity contribution < 1.29 is 17.9 Å².